The molecule has 1 aliphatic rings. The predicted octanol–water partition coefficient (Wildman–Crippen LogP) is 2.39. The second kappa shape index (κ2) is 5.44. The maximum atomic E-state index is 4.38. The molecule has 3 rings (SSSR count). The van der Waals surface area contributed by atoms with Crippen LogP contribution in [0.15, 0.2) is 30.0 Å². The van der Waals surface area contributed by atoms with Gasteiger partial charge in [0.15, 0.2) is 0 Å². The Morgan fingerprint density at radius 1 is 1.22 bits per heavy atom. The molecule has 0 unspecified atom stereocenters. The van der Waals surface area contributed by atoms with Gasteiger partial charge in [-0.25, -0.2) is 15.0 Å². The van der Waals surface area contributed by atoms with Crippen LogP contribution in [0.4, 0.5) is 5.95 Å². The van der Waals surface area contributed by atoms with E-state index in [4.69, 9.17) is 0 Å². The smallest absolute Gasteiger partial charge is 0.225 e. The molecule has 0 aliphatic carbocycles. The maximum absolute atomic E-state index is 4.38. The lowest BCUT2D eigenvalue weighted by molar-refractivity contribution is 0.409. The molecule has 1 aliphatic heterocycles. The third kappa shape index (κ3) is 2.67. The molecule has 0 bridgehead atoms. The van der Waals surface area contributed by atoms with E-state index in [0.717, 1.165) is 25.5 Å². The molecule has 94 valence electrons. The number of aromatic nitrogens is 3. The summed E-state index contributed by atoms with van der Waals surface area (Å²) in [7, 11) is 0. The van der Waals surface area contributed by atoms with E-state index in [0.29, 0.717) is 5.92 Å². The van der Waals surface area contributed by atoms with Crippen LogP contribution >= 0.6 is 11.3 Å². The number of thiazole rings is 1. The van der Waals surface area contributed by atoms with Crippen molar-refractivity contribution in [2.75, 3.05) is 18.0 Å². The van der Waals surface area contributed by atoms with Crippen molar-refractivity contribution >= 4 is 17.3 Å². The average molecular weight is 260 g/mol. The first-order valence-electron chi connectivity index (χ1n) is 6.32. The van der Waals surface area contributed by atoms with Crippen LogP contribution in [0.25, 0.3) is 0 Å². The highest BCUT2D eigenvalue weighted by Gasteiger charge is 2.22. The third-order valence-electron chi connectivity index (χ3n) is 3.30. The van der Waals surface area contributed by atoms with Gasteiger partial charge < -0.3 is 4.90 Å². The fourth-order valence-electron chi connectivity index (χ4n) is 2.47. The molecular formula is C13H16N4S. The van der Waals surface area contributed by atoms with E-state index in [9.17, 15) is 0 Å². The summed E-state index contributed by atoms with van der Waals surface area (Å²) in [5, 5.41) is 3.30. The fraction of sp³-hybridized carbons (Fsp3) is 0.462. The van der Waals surface area contributed by atoms with Crippen molar-refractivity contribution in [2.45, 2.75) is 19.3 Å². The van der Waals surface area contributed by atoms with Crippen molar-refractivity contribution in [3.63, 3.8) is 0 Å². The maximum Gasteiger partial charge on any atom is 0.225 e. The second-order valence-corrected chi connectivity index (χ2v) is 5.61. The predicted molar refractivity (Wildman–Crippen MR) is 72.8 cm³/mol. The zero-order valence-electron chi connectivity index (χ0n) is 10.2. The minimum absolute atomic E-state index is 0.675. The van der Waals surface area contributed by atoms with Crippen LogP contribution in [0.5, 0.6) is 0 Å². The van der Waals surface area contributed by atoms with E-state index in [-0.39, 0.29) is 0 Å². The van der Waals surface area contributed by atoms with Crippen molar-refractivity contribution < 1.29 is 0 Å². The summed E-state index contributed by atoms with van der Waals surface area (Å²) >= 11 is 1.75. The number of hydrogen-bond acceptors (Lipinski definition) is 5. The normalized spacial score (nSPS) is 20.0. The zero-order valence-corrected chi connectivity index (χ0v) is 11.0. The molecular weight excluding hydrogens is 244 g/mol. The van der Waals surface area contributed by atoms with Crippen LogP contribution in [-0.2, 0) is 6.42 Å². The molecule has 5 heteroatoms. The Morgan fingerprint density at radius 2 is 2.11 bits per heavy atom. The first-order chi connectivity index (χ1) is 8.92. The Kier molecular flexibility index (Phi) is 3.50. The second-order valence-electron chi connectivity index (χ2n) is 4.63. The highest BCUT2D eigenvalue weighted by atomic mass is 32.1. The molecule has 1 saturated heterocycles. The van der Waals surface area contributed by atoms with Gasteiger partial charge >= 0.3 is 0 Å². The molecule has 0 amide bonds. The lowest BCUT2D eigenvalue weighted by Crippen LogP contribution is -2.37. The van der Waals surface area contributed by atoms with Crippen LogP contribution < -0.4 is 4.90 Å². The lowest BCUT2D eigenvalue weighted by atomic mass is 9.95. The molecule has 2 aromatic rings. The Morgan fingerprint density at radius 3 is 2.89 bits per heavy atom. The first-order valence-corrected chi connectivity index (χ1v) is 7.20. The lowest BCUT2D eigenvalue weighted by Gasteiger charge is -2.32. The van der Waals surface area contributed by atoms with Gasteiger partial charge in [0.1, 0.15) is 0 Å². The van der Waals surface area contributed by atoms with E-state index in [1.165, 1.54) is 17.8 Å². The van der Waals surface area contributed by atoms with Gasteiger partial charge in [-0.2, -0.15) is 0 Å². The zero-order chi connectivity index (χ0) is 12.2. The first kappa shape index (κ1) is 11.6. The van der Waals surface area contributed by atoms with Crippen LogP contribution in [0.1, 0.15) is 17.8 Å². The molecule has 1 fully saturated rings. The Balaban J connectivity index is 1.65. The Bertz CT molecular complexity index is 471. The summed E-state index contributed by atoms with van der Waals surface area (Å²) in [6.45, 7) is 2.11. The molecule has 0 N–H and O–H groups in total. The van der Waals surface area contributed by atoms with Gasteiger partial charge in [-0.3, -0.25) is 0 Å². The summed E-state index contributed by atoms with van der Waals surface area (Å²) in [6.07, 6.45) is 9.10. The number of hydrogen-bond donors (Lipinski definition) is 0. The molecule has 4 nitrogen and oxygen atoms in total. The molecule has 0 radical (unpaired) electrons. The van der Waals surface area contributed by atoms with E-state index < -0.39 is 0 Å². The summed E-state index contributed by atoms with van der Waals surface area (Å²) in [5.74, 6) is 1.54. The molecule has 1 atom stereocenters. The monoisotopic (exact) mass is 260 g/mol. The highest BCUT2D eigenvalue weighted by Crippen LogP contribution is 2.23. The Hall–Kier alpha value is -1.49. The minimum atomic E-state index is 0.675. The summed E-state index contributed by atoms with van der Waals surface area (Å²) in [6, 6.07) is 1.86. The fourth-order valence-corrected chi connectivity index (χ4v) is 3.20. The van der Waals surface area contributed by atoms with Crippen molar-refractivity contribution in [3.8, 4) is 0 Å². The highest BCUT2D eigenvalue weighted by molar-refractivity contribution is 7.09. The number of anilines is 1. The van der Waals surface area contributed by atoms with Crippen LogP contribution in [0.2, 0.25) is 0 Å². The third-order valence-corrected chi connectivity index (χ3v) is 4.10. The van der Waals surface area contributed by atoms with Crippen LogP contribution in [0, 0.1) is 5.92 Å². The van der Waals surface area contributed by atoms with E-state index in [1.54, 1.807) is 11.3 Å². The summed E-state index contributed by atoms with van der Waals surface area (Å²) in [5.41, 5.74) is 0. The Labute approximate surface area is 111 Å². The van der Waals surface area contributed by atoms with Gasteiger partial charge in [-0.05, 0) is 24.8 Å². The molecule has 0 aromatic carbocycles. The van der Waals surface area contributed by atoms with Gasteiger partial charge in [-0.1, -0.05) is 0 Å². The topological polar surface area (TPSA) is 41.9 Å². The summed E-state index contributed by atoms with van der Waals surface area (Å²) in [4.78, 5) is 15.3. The molecule has 2 aromatic heterocycles. The van der Waals surface area contributed by atoms with Gasteiger partial charge in [0.2, 0.25) is 5.95 Å². The minimum Gasteiger partial charge on any atom is -0.341 e. The van der Waals surface area contributed by atoms with Crippen LogP contribution in [0.3, 0.4) is 0 Å². The van der Waals surface area contributed by atoms with E-state index in [2.05, 4.69) is 25.2 Å². The van der Waals surface area contributed by atoms with Crippen LogP contribution in [-0.4, -0.2) is 28.0 Å². The van der Waals surface area contributed by atoms with Gasteiger partial charge in [0, 0.05) is 43.5 Å². The molecule has 0 spiro atoms. The number of nitrogens with zero attached hydrogens (tertiary/aromatic N) is 4. The van der Waals surface area contributed by atoms with Gasteiger partial charge in [-0.15, -0.1) is 11.3 Å². The molecule has 18 heavy (non-hydrogen) atoms. The number of piperidine rings is 1. The largest absolute Gasteiger partial charge is 0.341 e. The molecule has 0 saturated carbocycles. The van der Waals surface area contributed by atoms with Gasteiger partial charge in [0.25, 0.3) is 0 Å². The SMILES string of the molecule is c1cnc(N2CCC[C@H](Cc3nccs3)C2)nc1. The summed E-state index contributed by atoms with van der Waals surface area (Å²) < 4.78 is 0. The van der Waals surface area contributed by atoms with Gasteiger partial charge in [0.05, 0.1) is 5.01 Å². The van der Waals surface area contributed by atoms with Crippen molar-refractivity contribution in [1.82, 2.24) is 15.0 Å². The van der Waals surface area contributed by atoms with Crippen molar-refractivity contribution in [1.29, 1.82) is 0 Å². The molecule has 3 heterocycles. The number of rotatable bonds is 3. The van der Waals surface area contributed by atoms with Crippen molar-refractivity contribution in [3.05, 3.63) is 35.0 Å². The van der Waals surface area contributed by atoms with E-state index in [1.807, 2.05) is 24.7 Å². The van der Waals surface area contributed by atoms with E-state index >= 15 is 0 Å². The quantitative estimate of drug-likeness (QED) is 0.850. The average Bonchev–Trinajstić information content (AvgIpc) is 2.93. The standard InChI is InChI=1S/C13H16N4S/c1-3-11(9-12-14-6-8-18-12)10-17(7-1)13-15-4-2-5-16-13/h2,4-6,8,11H,1,3,7,9-10H2/t11-/m1/s1. The van der Waals surface area contributed by atoms with Crippen molar-refractivity contribution in [2.24, 2.45) is 5.92 Å².